The molecule has 0 radical (unpaired) electrons. The van der Waals surface area contributed by atoms with Crippen LogP contribution >= 0.6 is 23.6 Å². The fraction of sp³-hybridized carbons (Fsp3) is 0.350. The molecule has 3 aromatic rings. The van der Waals surface area contributed by atoms with Crippen LogP contribution in [0.25, 0.3) is 10.7 Å². The smallest absolute Gasteiger partial charge is 0.240 e. The molecule has 2 aromatic heterocycles. The molecule has 0 aliphatic rings. The summed E-state index contributed by atoms with van der Waals surface area (Å²) in [5, 5.41) is 12.1. The van der Waals surface area contributed by atoms with E-state index in [9.17, 15) is 4.79 Å². The molecule has 0 bridgehead atoms. The Bertz CT molecular complexity index is 957. The molecule has 0 unspecified atom stereocenters. The molecule has 0 aliphatic carbocycles. The zero-order valence-corrected chi connectivity index (χ0v) is 17.8. The standard InChI is InChI=1S/C20H25N5OS2/c1-3-24(4-2)13-16-9-6-5-8-15(16)12-21-18(26)14-25-19(22-23-20(25)27)17-10-7-11-28-17/h5-11H,3-4,12-14H2,1-2H3,(H,21,26)(H,23,27). The van der Waals surface area contributed by atoms with Crippen molar-refractivity contribution in [2.45, 2.75) is 33.5 Å². The predicted octanol–water partition coefficient (Wildman–Crippen LogP) is 3.83. The molecule has 0 aliphatic heterocycles. The number of rotatable bonds is 9. The number of thiophene rings is 1. The third-order valence-electron chi connectivity index (χ3n) is 4.68. The summed E-state index contributed by atoms with van der Waals surface area (Å²) in [4.78, 5) is 15.9. The molecule has 1 aromatic carbocycles. The van der Waals surface area contributed by atoms with E-state index in [0.717, 1.165) is 30.1 Å². The lowest BCUT2D eigenvalue weighted by Gasteiger charge is -2.20. The zero-order valence-electron chi connectivity index (χ0n) is 16.1. The number of carbonyl (C=O) groups is 1. The first-order chi connectivity index (χ1) is 13.6. The van der Waals surface area contributed by atoms with Gasteiger partial charge in [-0.1, -0.05) is 44.2 Å². The van der Waals surface area contributed by atoms with Crippen LogP contribution in [0.1, 0.15) is 25.0 Å². The first kappa shape index (κ1) is 20.4. The van der Waals surface area contributed by atoms with Gasteiger partial charge in [-0.15, -0.1) is 11.3 Å². The number of benzene rings is 1. The monoisotopic (exact) mass is 415 g/mol. The van der Waals surface area contributed by atoms with Crippen LogP contribution in [0.15, 0.2) is 41.8 Å². The first-order valence-corrected chi connectivity index (χ1v) is 10.7. The van der Waals surface area contributed by atoms with Gasteiger partial charge in [-0.05, 0) is 47.9 Å². The minimum atomic E-state index is -0.0899. The Morgan fingerprint density at radius 2 is 1.96 bits per heavy atom. The Morgan fingerprint density at radius 3 is 2.64 bits per heavy atom. The molecule has 148 valence electrons. The number of hydrogen-bond donors (Lipinski definition) is 2. The molecule has 8 heteroatoms. The quantitative estimate of drug-likeness (QED) is 0.521. The molecule has 0 spiro atoms. The van der Waals surface area contributed by atoms with Gasteiger partial charge >= 0.3 is 0 Å². The maximum absolute atomic E-state index is 12.6. The van der Waals surface area contributed by atoms with E-state index in [1.165, 1.54) is 5.56 Å². The summed E-state index contributed by atoms with van der Waals surface area (Å²) in [6.07, 6.45) is 0. The van der Waals surface area contributed by atoms with Crippen LogP contribution in [0.2, 0.25) is 0 Å². The van der Waals surface area contributed by atoms with Crippen LogP contribution in [0.3, 0.4) is 0 Å². The molecular formula is C20H25N5OS2. The molecule has 0 saturated heterocycles. The lowest BCUT2D eigenvalue weighted by atomic mass is 10.1. The van der Waals surface area contributed by atoms with Crippen molar-refractivity contribution in [2.24, 2.45) is 0 Å². The molecule has 28 heavy (non-hydrogen) atoms. The number of amides is 1. The summed E-state index contributed by atoms with van der Waals surface area (Å²) in [6, 6.07) is 12.2. The minimum absolute atomic E-state index is 0.0899. The van der Waals surface area contributed by atoms with E-state index in [1.807, 2.05) is 29.6 Å². The fourth-order valence-electron chi connectivity index (χ4n) is 3.02. The molecule has 3 rings (SSSR count). The van der Waals surface area contributed by atoms with Crippen molar-refractivity contribution in [1.29, 1.82) is 0 Å². The summed E-state index contributed by atoms with van der Waals surface area (Å²) in [5.41, 5.74) is 2.38. The average Bonchev–Trinajstić information content (AvgIpc) is 3.35. The normalized spacial score (nSPS) is 11.1. The second-order valence-corrected chi connectivity index (χ2v) is 7.76. The van der Waals surface area contributed by atoms with E-state index < -0.39 is 0 Å². The number of nitrogens with one attached hydrogen (secondary N) is 2. The SMILES string of the molecule is CCN(CC)Cc1ccccc1CNC(=O)Cn1c(-c2cccs2)n[nH]c1=S. The topological polar surface area (TPSA) is 66.0 Å². The number of aromatic amines is 1. The molecular weight excluding hydrogens is 390 g/mol. The lowest BCUT2D eigenvalue weighted by molar-refractivity contribution is -0.121. The Morgan fingerprint density at radius 1 is 1.21 bits per heavy atom. The number of H-pyrrole nitrogens is 1. The van der Waals surface area contributed by atoms with E-state index in [-0.39, 0.29) is 12.5 Å². The van der Waals surface area contributed by atoms with Gasteiger partial charge in [-0.25, -0.2) is 0 Å². The van der Waals surface area contributed by atoms with Crippen molar-refractivity contribution >= 4 is 29.5 Å². The number of aromatic nitrogens is 3. The van der Waals surface area contributed by atoms with Crippen molar-refractivity contribution in [3.05, 3.63) is 57.7 Å². The van der Waals surface area contributed by atoms with E-state index >= 15 is 0 Å². The summed E-state index contributed by atoms with van der Waals surface area (Å²) in [5.74, 6) is 0.602. The Kier molecular flexibility index (Phi) is 7.13. The van der Waals surface area contributed by atoms with Gasteiger partial charge in [-0.2, -0.15) is 5.10 Å². The first-order valence-electron chi connectivity index (χ1n) is 9.37. The van der Waals surface area contributed by atoms with Gasteiger partial charge in [0.2, 0.25) is 5.91 Å². The molecule has 0 saturated carbocycles. The highest BCUT2D eigenvalue weighted by Gasteiger charge is 2.13. The summed E-state index contributed by atoms with van der Waals surface area (Å²) in [7, 11) is 0. The maximum atomic E-state index is 12.6. The van der Waals surface area contributed by atoms with E-state index in [4.69, 9.17) is 12.2 Å². The highest BCUT2D eigenvalue weighted by Crippen LogP contribution is 2.22. The van der Waals surface area contributed by atoms with Crippen LogP contribution in [-0.2, 0) is 24.4 Å². The lowest BCUT2D eigenvalue weighted by Crippen LogP contribution is -2.28. The van der Waals surface area contributed by atoms with Crippen molar-refractivity contribution in [1.82, 2.24) is 25.0 Å². The summed E-state index contributed by atoms with van der Waals surface area (Å²) in [6.45, 7) is 7.84. The number of nitrogens with zero attached hydrogens (tertiary/aromatic N) is 3. The van der Waals surface area contributed by atoms with Gasteiger partial charge in [0.05, 0.1) is 4.88 Å². The second kappa shape index (κ2) is 9.77. The Labute approximate surface area is 174 Å². The highest BCUT2D eigenvalue weighted by atomic mass is 32.1. The zero-order chi connectivity index (χ0) is 19.9. The van der Waals surface area contributed by atoms with Crippen LogP contribution in [0.4, 0.5) is 0 Å². The average molecular weight is 416 g/mol. The third-order valence-corrected chi connectivity index (χ3v) is 5.86. The largest absolute Gasteiger partial charge is 0.350 e. The molecule has 2 heterocycles. The molecule has 0 fully saturated rings. The van der Waals surface area contributed by atoms with Gasteiger partial charge in [0, 0.05) is 13.1 Å². The molecule has 2 N–H and O–H groups in total. The number of carbonyl (C=O) groups excluding carboxylic acids is 1. The van der Waals surface area contributed by atoms with Crippen LogP contribution in [0.5, 0.6) is 0 Å². The van der Waals surface area contributed by atoms with Crippen LogP contribution in [-0.4, -0.2) is 38.7 Å². The maximum Gasteiger partial charge on any atom is 0.240 e. The number of hydrogen-bond acceptors (Lipinski definition) is 5. The third kappa shape index (κ3) is 4.95. The Hall–Kier alpha value is -2.29. The van der Waals surface area contributed by atoms with E-state index in [2.05, 4.69) is 46.4 Å². The van der Waals surface area contributed by atoms with E-state index in [0.29, 0.717) is 17.1 Å². The molecule has 1 amide bonds. The molecule has 0 atom stereocenters. The summed E-state index contributed by atoms with van der Waals surface area (Å²) < 4.78 is 2.18. The fourth-order valence-corrected chi connectivity index (χ4v) is 3.94. The van der Waals surface area contributed by atoms with Gasteiger partial charge in [-0.3, -0.25) is 19.4 Å². The predicted molar refractivity (Wildman–Crippen MR) is 116 cm³/mol. The van der Waals surface area contributed by atoms with Gasteiger partial charge < -0.3 is 5.32 Å². The Balaban J connectivity index is 1.66. The van der Waals surface area contributed by atoms with Crippen LogP contribution < -0.4 is 5.32 Å². The summed E-state index contributed by atoms with van der Waals surface area (Å²) >= 11 is 6.87. The minimum Gasteiger partial charge on any atom is -0.350 e. The van der Waals surface area contributed by atoms with Gasteiger partial charge in [0.1, 0.15) is 6.54 Å². The van der Waals surface area contributed by atoms with Gasteiger partial charge in [0.15, 0.2) is 10.6 Å². The van der Waals surface area contributed by atoms with E-state index in [1.54, 1.807) is 15.9 Å². The second-order valence-electron chi connectivity index (χ2n) is 6.42. The van der Waals surface area contributed by atoms with Gasteiger partial charge in [0.25, 0.3) is 0 Å². The van der Waals surface area contributed by atoms with Crippen molar-refractivity contribution in [3.8, 4) is 10.7 Å². The van der Waals surface area contributed by atoms with Crippen molar-refractivity contribution < 1.29 is 4.79 Å². The van der Waals surface area contributed by atoms with Crippen molar-refractivity contribution in [2.75, 3.05) is 13.1 Å². The molecule has 6 nitrogen and oxygen atoms in total. The van der Waals surface area contributed by atoms with Crippen molar-refractivity contribution in [3.63, 3.8) is 0 Å². The highest BCUT2D eigenvalue weighted by molar-refractivity contribution is 7.71. The van der Waals surface area contributed by atoms with Crippen LogP contribution in [0, 0.1) is 4.77 Å².